The highest BCUT2D eigenvalue weighted by atomic mass is 79.9. The van der Waals surface area contributed by atoms with Crippen molar-refractivity contribution in [3.8, 4) is 0 Å². The van der Waals surface area contributed by atoms with E-state index in [4.69, 9.17) is 0 Å². The lowest BCUT2D eigenvalue weighted by Gasteiger charge is -2.16. The van der Waals surface area contributed by atoms with Crippen molar-refractivity contribution >= 4 is 23.5 Å². The monoisotopic (exact) mass is 248 g/mol. The first-order chi connectivity index (χ1) is 5.06. The van der Waals surface area contributed by atoms with Crippen molar-refractivity contribution in [2.24, 2.45) is 0 Å². The lowest BCUT2D eigenvalue weighted by atomic mass is 10.9. The molecule has 0 saturated heterocycles. The Morgan fingerprint density at radius 1 is 1.45 bits per heavy atom. The van der Waals surface area contributed by atoms with Crippen LogP contribution in [0.15, 0.2) is 0 Å². The average molecular weight is 249 g/mol. The molecule has 0 saturated carbocycles. The molecule has 0 N–H and O–H groups in total. The minimum atomic E-state index is -3.54. The Bertz CT molecular complexity index is 143. The van der Waals surface area contributed by atoms with E-state index >= 15 is 0 Å². The van der Waals surface area contributed by atoms with Gasteiger partial charge in [0.2, 0.25) is 0 Å². The number of hydrogen-bond donors (Lipinski definition) is 0. The van der Waals surface area contributed by atoms with Crippen molar-refractivity contribution in [1.29, 1.82) is 0 Å². The second-order valence-electron chi connectivity index (χ2n) is 1.65. The fourth-order valence-corrected chi connectivity index (χ4v) is 2.24. The molecule has 6 heteroatoms. The molecule has 0 fully saturated rings. The molecule has 0 rings (SSSR count). The third-order valence-electron chi connectivity index (χ3n) is 0.857. The number of rotatable bonds is 5. The van der Waals surface area contributed by atoms with E-state index in [1.54, 1.807) is 13.8 Å². The molecule has 3 nitrogen and oxygen atoms in total. The largest absolute Gasteiger partial charge is 0.375 e. The first-order valence-electron chi connectivity index (χ1n) is 3.23. The van der Waals surface area contributed by atoms with Gasteiger partial charge < -0.3 is 9.05 Å². The van der Waals surface area contributed by atoms with Gasteiger partial charge in [-0.1, -0.05) is 0 Å². The van der Waals surface area contributed by atoms with Gasteiger partial charge >= 0.3 is 7.60 Å². The van der Waals surface area contributed by atoms with Crippen molar-refractivity contribution in [3.63, 3.8) is 0 Å². The van der Waals surface area contributed by atoms with Crippen LogP contribution < -0.4 is 0 Å². The summed E-state index contributed by atoms with van der Waals surface area (Å²) in [6, 6.07) is 0. The van der Waals surface area contributed by atoms with Crippen LogP contribution in [0.25, 0.3) is 0 Å². The van der Waals surface area contributed by atoms with Crippen LogP contribution in [-0.4, -0.2) is 18.0 Å². The molecule has 1 unspecified atom stereocenters. The van der Waals surface area contributed by atoms with Crippen LogP contribution in [0.3, 0.4) is 0 Å². The van der Waals surface area contributed by atoms with Gasteiger partial charge in [0.25, 0.3) is 4.82 Å². The minimum absolute atomic E-state index is 0.170. The summed E-state index contributed by atoms with van der Waals surface area (Å²) in [5.41, 5.74) is 0. The van der Waals surface area contributed by atoms with Gasteiger partial charge in [-0.25, -0.2) is 4.39 Å². The lowest BCUT2D eigenvalue weighted by Crippen LogP contribution is -2.01. The Morgan fingerprint density at radius 2 is 1.82 bits per heavy atom. The molecule has 0 aliphatic heterocycles. The summed E-state index contributed by atoms with van der Waals surface area (Å²) in [7, 11) is -3.54. The summed E-state index contributed by atoms with van der Waals surface area (Å²) >= 11 is 2.52. The van der Waals surface area contributed by atoms with Gasteiger partial charge in [0.05, 0.1) is 13.2 Å². The van der Waals surface area contributed by atoms with Crippen LogP contribution in [0.5, 0.6) is 0 Å². The molecule has 0 spiro atoms. The van der Waals surface area contributed by atoms with E-state index in [9.17, 15) is 8.96 Å². The molecule has 0 aromatic rings. The maximum absolute atomic E-state index is 12.5. The first-order valence-corrected chi connectivity index (χ1v) is 5.76. The van der Waals surface area contributed by atoms with Crippen LogP contribution >= 0.6 is 23.5 Å². The molecule has 0 aliphatic rings. The van der Waals surface area contributed by atoms with Crippen molar-refractivity contribution in [3.05, 3.63) is 0 Å². The maximum atomic E-state index is 12.5. The summed E-state index contributed by atoms with van der Waals surface area (Å²) in [5.74, 6) is 0. The molecule has 11 heavy (non-hydrogen) atoms. The molecule has 0 aromatic carbocycles. The van der Waals surface area contributed by atoms with Crippen LogP contribution in [-0.2, 0) is 13.6 Å². The van der Waals surface area contributed by atoms with E-state index in [0.29, 0.717) is 0 Å². The zero-order valence-corrected chi connectivity index (χ0v) is 8.90. The average Bonchev–Trinajstić information content (AvgIpc) is 1.88. The minimum Gasteiger partial charge on any atom is -0.306 e. The van der Waals surface area contributed by atoms with Crippen LogP contribution in [0.2, 0.25) is 0 Å². The molecule has 1 atom stereocenters. The van der Waals surface area contributed by atoms with E-state index in [0.717, 1.165) is 0 Å². The number of alkyl halides is 2. The molecule has 68 valence electrons. The summed E-state index contributed by atoms with van der Waals surface area (Å²) < 4.78 is 33.1. The highest BCUT2D eigenvalue weighted by molar-refractivity contribution is 9.10. The fraction of sp³-hybridized carbons (Fsp3) is 1.00. The van der Waals surface area contributed by atoms with E-state index < -0.39 is 12.4 Å². The predicted molar refractivity (Wildman–Crippen MR) is 44.7 cm³/mol. The van der Waals surface area contributed by atoms with Crippen molar-refractivity contribution in [1.82, 2.24) is 0 Å². The van der Waals surface area contributed by atoms with Crippen LogP contribution in [0.1, 0.15) is 13.8 Å². The summed E-state index contributed by atoms with van der Waals surface area (Å²) in [5, 5.41) is 0. The van der Waals surface area contributed by atoms with Gasteiger partial charge in [0.15, 0.2) is 0 Å². The second kappa shape index (κ2) is 5.25. The van der Waals surface area contributed by atoms with Gasteiger partial charge in [0, 0.05) is 0 Å². The first kappa shape index (κ1) is 11.6. The highest BCUT2D eigenvalue weighted by Crippen LogP contribution is 2.55. The van der Waals surface area contributed by atoms with E-state index in [1.807, 2.05) is 0 Å². The Kier molecular flexibility index (Phi) is 5.52. The zero-order chi connectivity index (χ0) is 8.91. The third kappa shape index (κ3) is 3.65. The normalized spacial score (nSPS) is 14.9. The van der Waals surface area contributed by atoms with E-state index in [1.165, 1.54) is 0 Å². The number of halogens is 2. The molecule has 0 heterocycles. The number of hydrogen-bond acceptors (Lipinski definition) is 3. The van der Waals surface area contributed by atoms with Crippen LogP contribution in [0, 0.1) is 0 Å². The Labute approximate surface area is 73.9 Å². The summed E-state index contributed by atoms with van der Waals surface area (Å²) in [6.07, 6.45) is 0. The quantitative estimate of drug-likeness (QED) is 0.555. The van der Waals surface area contributed by atoms with Gasteiger partial charge in [0.1, 0.15) is 0 Å². The maximum Gasteiger partial charge on any atom is 0.375 e. The Morgan fingerprint density at radius 3 is 2.00 bits per heavy atom. The standard InChI is InChI=1S/C5H11BrFO3P/c1-3-9-11(8,5(6)7)10-4-2/h5H,3-4H2,1-2H3. The lowest BCUT2D eigenvalue weighted by molar-refractivity contribution is 0.206. The topological polar surface area (TPSA) is 35.5 Å². The third-order valence-corrected chi connectivity index (χ3v) is 4.08. The molecule has 0 aliphatic carbocycles. The molecule has 0 bridgehead atoms. The molecule has 0 amide bonds. The van der Waals surface area contributed by atoms with Gasteiger partial charge in [-0.3, -0.25) is 4.57 Å². The molecular weight excluding hydrogens is 238 g/mol. The highest BCUT2D eigenvalue weighted by Gasteiger charge is 2.33. The summed E-state index contributed by atoms with van der Waals surface area (Å²) in [4.78, 5) is -1.74. The predicted octanol–water partition coefficient (Wildman–Crippen LogP) is 2.90. The Balaban J connectivity index is 4.14. The Hall–Kier alpha value is 0.560. The van der Waals surface area contributed by atoms with Crippen LogP contribution in [0.4, 0.5) is 4.39 Å². The van der Waals surface area contributed by atoms with Crippen molar-refractivity contribution in [2.45, 2.75) is 18.7 Å². The summed E-state index contributed by atoms with van der Waals surface area (Å²) in [6.45, 7) is 3.59. The molecular formula is C5H11BrFO3P. The fourth-order valence-electron chi connectivity index (χ4n) is 0.510. The van der Waals surface area contributed by atoms with E-state index in [2.05, 4.69) is 25.0 Å². The van der Waals surface area contributed by atoms with Gasteiger partial charge in [-0.2, -0.15) is 0 Å². The smallest absolute Gasteiger partial charge is 0.306 e. The SMILES string of the molecule is CCOP(=O)(OCC)C(F)Br. The van der Waals surface area contributed by atoms with Crippen molar-refractivity contribution in [2.75, 3.05) is 13.2 Å². The van der Waals surface area contributed by atoms with Gasteiger partial charge in [-0.05, 0) is 29.8 Å². The second-order valence-corrected chi connectivity index (χ2v) is 5.21. The molecule has 0 radical (unpaired) electrons. The van der Waals surface area contributed by atoms with Crippen molar-refractivity contribution < 1.29 is 18.0 Å². The zero-order valence-electron chi connectivity index (χ0n) is 6.42. The molecule has 0 aromatic heterocycles. The van der Waals surface area contributed by atoms with Gasteiger partial charge in [-0.15, -0.1) is 0 Å². The van der Waals surface area contributed by atoms with E-state index in [-0.39, 0.29) is 13.2 Å².